The molecule has 2 N–H and O–H groups in total. The predicted octanol–water partition coefficient (Wildman–Crippen LogP) is 2.13. The standard InChI is InChI=1S/C14H22N2O2/c1-10(2)11-5-6-13(18-4)12(9-11)16(3)14(17)7-8-15/h5-6,9-10H,7-8,15H2,1-4H3. The van der Waals surface area contributed by atoms with Gasteiger partial charge in [-0.3, -0.25) is 4.79 Å². The Hall–Kier alpha value is -1.55. The van der Waals surface area contributed by atoms with E-state index in [1.54, 1.807) is 19.1 Å². The Bertz CT molecular complexity index is 416. The molecule has 0 radical (unpaired) electrons. The minimum Gasteiger partial charge on any atom is -0.495 e. The molecule has 4 heteroatoms. The summed E-state index contributed by atoms with van der Waals surface area (Å²) < 4.78 is 5.30. The number of carbonyl (C=O) groups is 1. The molecule has 0 bridgehead atoms. The number of hydrogen-bond donors (Lipinski definition) is 1. The van der Waals surface area contributed by atoms with E-state index in [4.69, 9.17) is 10.5 Å². The van der Waals surface area contributed by atoms with Gasteiger partial charge in [0.1, 0.15) is 5.75 Å². The van der Waals surface area contributed by atoms with E-state index in [2.05, 4.69) is 13.8 Å². The van der Waals surface area contributed by atoms with Crippen molar-refractivity contribution in [2.75, 3.05) is 25.6 Å². The molecule has 4 nitrogen and oxygen atoms in total. The molecule has 1 aromatic carbocycles. The Labute approximate surface area is 109 Å². The zero-order valence-electron chi connectivity index (χ0n) is 11.6. The molecule has 0 aromatic heterocycles. The summed E-state index contributed by atoms with van der Waals surface area (Å²) in [5, 5.41) is 0. The van der Waals surface area contributed by atoms with Crippen LogP contribution in [0.1, 0.15) is 31.7 Å². The van der Waals surface area contributed by atoms with Crippen LogP contribution in [0.5, 0.6) is 5.75 Å². The topological polar surface area (TPSA) is 55.6 Å². The lowest BCUT2D eigenvalue weighted by molar-refractivity contribution is -0.118. The third-order valence-corrected chi connectivity index (χ3v) is 2.96. The van der Waals surface area contributed by atoms with Crippen LogP contribution in [-0.2, 0) is 4.79 Å². The Balaban J connectivity index is 3.11. The van der Waals surface area contributed by atoms with Gasteiger partial charge >= 0.3 is 0 Å². The van der Waals surface area contributed by atoms with Crippen molar-refractivity contribution in [2.45, 2.75) is 26.2 Å². The van der Waals surface area contributed by atoms with Crippen molar-refractivity contribution in [3.05, 3.63) is 23.8 Å². The van der Waals surface area contributed by atoms with Gasteiger partial charge in [-0.15, -0.1) is 0 Å². The molecular weight excluding hydrogens is 228 g/mol. The molecular formula is C14H22N2O2. The van der Waals surface area contributed by atoms with Crippen molar-refractivity contribution in [2.24, 2.45) is 5.73 Å². The number of carbonyl (C=O) groups excluding carboxylic acids is 1. The van der Waals surface area contributed by atoms with Crippen molar-refractivity contribution < 1.29 is 9.53 Å². The van der Waals surface area contributed by atoms with Crippen LogP contribution in [0.15, 0.2) is 18.2 Å². The summed E-state index contributed by atoms with van der Waals surface area (Å²) in [4.78, 5) is 13.5. The molecule has 100 valence electrons. The van der Waals surface area contributed by atoms with Gasteiger partial charge in [-0.05, 0) is 23.6 Å². The largest absolute Gasteiger partial charge is 0.495 e. The summed E-state index contributed by atoms with van der Waals surface area (Å²) in [7, 11) is 3.36. The molecule has 1 aromatic rings. The highest BCUT2D eigenvalue weighted by Gasteiger charge is 2.15. The number of hydrogen-bond acceptors (Lipinski definition) is 3. The molecule has 0 saturated heterocycles. The van der Waals surface area contributed by atoms with Gasteiger partial charge in [0.2, 0.25) is 5.91 Å². The van der Waals surface area contributed by atoms with E-state index in [1.807, 2.05) is 18.2 Å². The van der Waals surface area contributed by atoms with E-state index in [0.717, 1.165) is 5.69 Å². The number of rotatable bonds is 5. The first-order chi connectivity index (χ1) is 8.51. The highest BCUT2D eigenvalue weighted by atomic mass is 16.5. The van der Waals surface area contributed by atoms with Crippen molar-refractivity contribution >= 4 is 11.6 Å². The predicted molar refractivity (Wildman–Crippen MR) is 74.2 cm³/mol. The van der Waals surface area contributed by atoms with Gasteiger partial charge in [-0.1, -0.05) is 19.9 Å². The van der Waals surface area contributed by atoms with Gasteiger partial charge < -0.3 is 15.4 Å². The summed E-state index contributed by atoms with van der Waals surface area (Å²) in [6.45, 7) is 4.59. The van der Waals surface area contributed by atoms with Crippen LogP contribution >= 0.6 is 0 Å². The van der Waals surface area contributed by atoms with Crippen molar-refractivity contribution in [3.63, 3.8) is 0 Å². The number of nitrogens with zero attached hydrogens (tertiary/aromatic N) is 1. The quantitative estimate of drug-likeness (QED) is 0.871. The fourth-order valence-corrected chi connectivity index (χ4v) is 1.75. The van der Waals surface area contributed by atoms with E-state index >= 15 is 0 Å². The second-order valence-electron chi connectivity index (χ2n) is 4.58. The highest BCUT2D eigenvalue weighted by Crippen LogP contribution is 2.31. The fraction of sp³-hybridized carbons (Fsp3) is 0.500. The van der Waals surface area contributed by atoms with E-state index < -0.39 is 0 Å². The van der Waals surface area contributed by atoms with E-state index in [-0.39, 0.29) is 5.91 Å². The molecule has 18 heavy (non-hydrogen) atoms. The molecule has 0 atom stereocenters. The first kappa shape index (κ1) is 14.5. The average molecular weight is 250 g/mol. The Morgan fingerprint density at radius 3 is 2.61 bits per heavy atom. The minimum atomic E-state index is -0.00305. The Kier molecular flexibility index (Phi) is 5.16. The number of anilines is 1. The maximum atomic E-state index is 11.9. The first-order valence-electron chi connectivity index (χ1n) is 6.15. The lowest BCUT2D eigenvalue weighted by atomic mass is 10.0. The molecule has 0 aliphatic carbocycles. The van der Waals surface area contributed by atoms with Crippen molar-refractivity contribution in [1.82, 2.24) is 0 Å². The zero-order valence-corrected chi connectivity index (χ0v) is 11.6. The number of nitrogens with two attached hydrogens (primary N) is 1. The Morgan fingerprint density at radius 1 is 1.44 bits per heavy atom. The molecule has 0 saturated carbocycles. The maximum Gasteiger partial charge on any atom is 0.228 e. The molecule has 1 rings (SSSR count). The molecule has 0 aliphatic rings. The van der Waals surface area contributed by atoms with E-state index in [0.29, 0.717) is 24.6 Å². The maximum absolute atomic E-state index is 11.9. The monoisotopic (exact) mass is 250 g/mol. The van der Waals surface area contributed by atoms with E-state index in [1.165, 1.54) is 5.56 Å². The Morgan fingerprint density at radius 2 is 2.11 bits per heavy atom. The summed E-state index contributed by atoms with van der Waals surface area (Å²) in [5.74, 6) is 1.11. The van der Waals surface area contributed by atoms with E-state index in [9.17, 15) is 4.79 Å². The summed E-state index contributed by atoms with van der Waals surface area (Å²) >= 11 is 0. The summed E-state index contributed by atoms with van der Waals surface area (Å²) in [6, 6.07) is 5.92. The van der Waals surface area contributed by atoms with Crippen LogP contribution in [-0.4, -0.2) is 26.6 Å². The lowest BCUT2D eigenvalue weighted by Gasteiger charge is -2.21. The van der Waals surface area contributed by atoms with Gasteiger partial charge in [-0.2, -0.15) is 0 Å². The van der Waals surface area contributed by atoms with Gasteiger partial charge in [0.15, 0.2) is 0 Å². The van der Waals surface area contributed by atoms with Crippen LogP contribution in [0, 0.1) is 0 Å². The second-order valence-corrected chi connectivity index (χ2v) is 4.58. The van der Waals surface area contributed by atoms with Crippen LogP contribution in [0.25, 0.3) is 0 Å². The van der Waals surface area contributed by atoms with Crippen molar-refractivity contribution in [1.29, 1.82) is 0 Å². The first-order valence-corrected chi connectivity index (χ1v) is 6.15. The van der Waals surface area contributed by atoms with Gasteiger partial charge in [0, 0.05) is 20.0 Å². The average Bonchev–Trinajstić information content (AvgIpc) is 2.37. The third-order valence-electron chi connectivity index (χ3n) is 2.96. The van der Waals surface area contributed by atoms with Crippen LogP contribution in [0.3, 0.4) is 0 Å². The number of amides is 1. The molecule has 0 spiro atoms. The SMILES string of the molecule is COc1ccc(C(C)C)cc1N(C)C(=O)CCN. The normalized spacial score (nSPS) is 10.6. The third kappa shape index (κ3) is 3.23. The molecule has 0 heterocycles. The number of ether oxygens (including phenoxy) is 1. The summed E-state index contributed by atoms with van der Waals surface area (Å²) in [5.41, 5.74) is 7.39. The molecule has 0 unspecified atom stereocenters. The fourth-order valence-electron chi connectivity index (χ4n) is 1.75. The van der Waals surface area contributed by atoms with Crippen LogP contribution in [0.4, 0.5) is 5.69 Å². The number of methoxy groups -OCH3 is 1. The zero-order chi connectivity index (χ0) is 13.7. The molecule has 0 aliphatic heterocycles. The van der Waals surface area contributed by atoms with Gasteiger partial charge in [0.05, 0.1) is 12.8 Å². The molecule has 1 amide bonds. The smallest absolute Gasteiger partial charge is 0.228 e. The second kappa shape index (κ2) is 6.40. The molecule has 0 fully saturated rings. The minimum absolute atomic E-state index is 0.00305. The number of benzene rings is 1. The van der Waals surface area contributed by atoms with Gasteiger partial charge in [-0.25, -0.2) is 0 Å². The van der Waals surface area contributed by atoms with Crippen LogP contribution < -0.4 is 15.4 Å². The highest BCUT2D eigenvalue weighted by molar-refractivity contribution is 5.94. The van der Waals surface area contributed by atoms with Crippen molar-refractivity contribution in [3.8, 4) is 5.75 Å². The lowest BCUT2D eigenvalue weighted by Crippen LogP contribution is -2.28. The van der Waals surface area contributed by atoms with Crippen LogP contribution in [0.2, 0.25) is 0 Å². The van der Waals surface area contributed by atoms with Gasteiger partial charge in [0.25, 0.3) is 0 Å². The summed E-state index contributed by atoms with van der Waals surface area (Å²) in [6.07, 6.45) is 0.339.